The summed E-state index contributed by atoms with van der Waals surface area (Å²) in [4.78, 5) is 30.6. The molecule has 0 bridgehead atoms. The molecule has 6 nitrogen and oxygen atoms in total. The van der Waals surface area contributed by atoms with Gasteiger partial charge in [-0.05, 0) is 42.7 Å². The molecular weight excluding hydrogens is 316 g/mol. The summed E-state index contributed by atoms with van der Waals surface area (Å²) in [6, 6.07) is 3.56. The van der Waals surface area contributed by atoms with Gasteiger partial charge in [0.15, 0.2) is 5.65 Å². The Morgan fingerprint density at radius 3 is 2.84 bits per heavy atom. The first-order chi connectivity index (χ1) is 12.0. The molecule has 2 heterocycles. The summed E-state index contributed by atoms with van der Waals surface area (Å²) in [6.07, 6.45) is 4.68. The molecule has 136 valence electrons. The average Bonchev–Trinajstić information content (AvgIpc) is 2.86. The van der Waals surface area contributed by atoms with Crippen LogP contribution < -0.4 is 11.4 Å². The molecule has 3 rings (SSSR count). The Morgan fingerprint density at radius 2 is 2.16 bits per heavy atom. The quantitative estimate of drug-likeness (QED) is 0.924. The van der Waals surface area contributed by atoms with Crippen LogP contribution in [0.4, 0.5) is 0 Å². The standard InChI is InChI=1S/C19H28N4O2/c1-12(2)14-7-6-13(3)11-15(14)18(24)23-16-5-4-9-21-17(16)22(10-8-20)19(23)25/h4-5,9,12-15H,6-8,10-11,20H2,1-3H3/t13-,14+,15-/m1/s1. The summed E-state index contributed by atoms with van der Waals surface area (Å²) >= 11 is 0. The molecule has 0 radical (unpaired) electrons. The van der Waals surface area contributed by atoms with Gasteiger partial charge in [-0.15, -0.1) is 0 Å². The lowest BCUT2D eigenvalue weighted by molar-refractivity contribution is 0.0633. The van der Waals surface area contributed by atoms with Crippen LogP contribution in [0.25, 0.3) is 11.2 Å². The van der Waals surface area contributed by atoms with E-state index in [1.54, 1.807) is 18.3 Å². The number of hydrogen-bond acceptors (Lipinski definition) is 4. The van der Waals surface area contributed by atoms with Gasteiger partial charge in [-0.1, -0.05) is 27.2 Å². The second kappa shape index (κ2) is 7.12. The van der Waals surface area contributed by atoms with Crippen LogP contribution in [0.2, 0.25) is 0 Å². The van der Waals surface area contributed by atoms with Crippen molar-refractivity contribution >= 4 is 17.1 Å². The zero-order valence-electron chi connectivity index (χ0n) is 15.3. The highest BCUT2D eigenvalue weighted by molar-refractivity contribution is 5.90. The number of carbonyl (C=O) groups is 1. The van der Waals surface area contributed by atoms with E-state index in [0.717, 1.165) is 19.3 Å². The van der Waals surface area contributed by atoms with Gasteiger partial charge in [0.05, 0.1) is 5.52 Å². The van der Waals surface area contributed by atoms with Gasteiger partial charge in [-0.3, -0.25) is 9.36 Å². The highest BCUT2D eigenvalue weighted by Crippen LogP contribution is 2.39. The number of nitrogens with two attached hydrogens (primary N) is 1. The Bertz CT molecular complexity index is 820. The van der Waals surface area contributed by atoms with Crippen LogP contribution in [0.1, 0.15) is 44.8 Å². The molecule has 0 amide bonds. The third kappa shape index (κ3) is 3.15. The fourth-order valence-electron chi connectivity index (χ4n) is 4.28. The zero-order valence-corrected chi connectivity index (χ0v) is 15.3. The molecule has 0 aliphatic heterocycles. The van der Waals surface area contributed by atoms with Crippen molar-refractivity contribution in [2.45, 2.75) is 46.6 Å². The van der Waals surface area contributed by atoms with Crippen LogP contribution in [-0.4, -0.2) is 26.6 Å². The maximum Gasteiger partial charge on any atom is 0.337 e. The molecule has 1 fully saturated rings. The topological polar surface area (TPSA) is 82.9 Å². The van der Waals surface area contributed by atoms with Gasteiger partial charge in [0.25, 0.3) is 0 Å². The minimum atomic E-state index is -0.315. The van der Waals surface area contributed by atoms with Crippen LogP contribution in [0.3, 0.4) is 0 Å². The third-order valence-corrected chi connectivity index (χ3v) is 5.60. The minimum Gasteiger partial charge on any atom is -0.329 e. The first-order valence-corrected chi connectivity index (χ1v) is 9.26. The highest BCUT2D eigenvalue weighted by atomic mass is 16.2. The number of nitrogens with zero attached hydrogens (tertiary/aromatic N) is 3. The molecule has 25 heavy (non-hydrogen) atoms. The summed E-state index contributed by atoms with van der Waals surface area (Å²) in [5.41, 5.74) is 6.46. The molecule has 3 atom stereocenters. The van der Waals surface area contributed by atoms with E-state index < -0.39 is 0 Å². The van der Waals surface area contributed by atoms with Crippen molar-refractivity contribution in [1.29, 1.82) is 0 Å². The highest BCUT2D eigenvalue weighted by Gasteiger charge is 2.37. The normalized spacial score (nSPS) is 24.1. The van der Waals surface area contributed by atoms with Crippen LogP contribution in [-0.2, 0) is 6.54 Å². The van der Waals surface area contributed by atoms with Crippen molar-refractivity contribution < 1.29 is 4.79 Å². The molecule has 1 saturated carbocycles. The largest absolute Gasteiger partial charge is 0.337 e. The first kappa shape index (κ1) is 17.9. The average molecular weight is 344 g/mol. The molecule has 6 heteroatoms. The molecule has 0 unspecified atom stereocenters. The summed E-state index contributed by atoms with van der Waals surface area (Å²) < 4.78 is 2.86. The number of hydrogen-bond donors (Lipinski definition) is 1. The zero-order chi connectivity index (χ0) is 18.1. The van der Waals surface area contributed by atoms with Gasteiger partial charge in [-0.25, -0.2) is 14.3 Å². The van der Waals surface area contributed by atoms with Crippen LogP contribution in [0, 0.1) is 23.7 Å². The smallest absolute Gasteiger partial charge is 0.329 e. The van der Waals surface area contributed by atoms with Gasteiger partial charge in [0, 0.05) is 25.2 Å². The molecule has 2 N–H and O–H groups in total. The van der Waals surface area contributed by atoms with E-state index in [1.165, 1.54) is 9.13 Å². The van der Waals surface area contributed by atoms with E-state index >= 15 is 0 Å². The van der Waals surface area contributed by atoms with E-state index in [0.29, 0.717) is 42.0 Å². The van der Waals surface area contributed by atoms with Crippen molar-refractivity contribution in [3.63, 3.8) is 0 Å². The second-order valence-electron chi connectivity index (χ2n) is 7.68. The first-order valence-electron chi connectivity index (χ1n) is 9.26. The van der Waals surface area contributed by atoms with E-state index in [1.807, 2.05) is 0 Å². The summed E-state index contributed by atoms with van der Waals surface area (Å²) in [5, 5.41) is 0. The van der Waals surface area contributed by atoms with Crippen molar-refractivity contribution in [3.8, 4) is 0 Å². The maximum atomic E-state index is 13.4. The Labute approximate surface area is 148 Å². The van der Waals surface area contributed by atoms with E-state index in [9.17, 15) is 9.59 Å². The molecule has 1 aliphatic carbocycles. The third-order valence-electron chi connectivity index (χ3n) is 5.60. The number of imidazole rings is 1. The molecule has 2 aromatic rings. The van der Waals surface area contributed by atoms with Crippen molar-refractivity contribution in [1.82, 2.24) is 14.1 Å². The lowest BCUT2D eigenvalue weighted by Crippen LogP contribution is -2.40. The van der Waals surface area contributed by atoms with Crippen LogP contribution in [0.5, 0.6) is 0 Å². The van der Waals surface area contributed by atoms with Gasteiger partial charge in [0.2, 0.25) is 5.91 Å². The maximum absolute atomic E-state index is 13.4. The second-order valence-corrected chi connectivity index (χ2v) is 7.68. The SMILES string of the molecule is CC(C)[C@@H]1CC[C@@H](C)C[C@H]1C(=O)n1c(=O)n(CCN)c2ncccc21. The Hall–Kier alpha value is -1.95. The van der Waals surface area contributed by atoms with Crippen molar-refractivity contribution in [2.75, 3.05) is 6.54 Å². The number of carbonyl (C=O) groups excluding carboxylic acids is 1. The minimum absolute atomic E-state index is 0.0796. The number of rotatable bonds is 4. The predicted octanol–water partition coefficient (Wildman–Crippen LogP) is 2.51. The summed E-state index contributed by atoms with van der Waals surface area (Å²) in [6.45, 7) is 7.23. The summed E-state index contributed by atoms with van der Waals surface area (Å²) in [5.74, 6) is 1.06. The van der Waals surface area contributed by atoms with Crippen LogP contribution in [0.15, 0.2) is 23.1 Å². The number of fused-ring (bicyclic) bond motifs is 1. The fourth-order valence-corrected chi connectivity index (χ4v) is 4.28. The predicted molar refractivity (Wildman–Crippen MR) is 98.5 cm³/mol. The molecular formula is C19H28N4O2. The van der Waals surface area contributed by atoms with E-state index in [2.05, 4.69) is 25.8 Å². The molecule has 2 aromatic heterocycles. The van der Waals surface area contributed by atoms with Crippen LogP contribution >= 0.6 is 0 Å². The molecule has 0 spiro atoms. The summed E-state index contributed by atoms with van der Waals surface area (Å²) in [7, 11) is 0. The van der Waals surface area contributed by atoms with E-state index in [4.69, 9.17) is 5.73 Å². The van der Waals surface area contributed by atoms with Gasteiger partial charge >= 0.3 is 5.69 Å². The Morgan fingerprint density at radius 1 is 1.40 bits per heavy atom. The van der Waals surface area contributed by atoms with Crippen molar-refractivity contribution in [3.05, 3.63) is 28.8 Å². The monoisotopic (exact) mass is 344 g/mol. The number of pyridine rings is 1. The molecule has 0 saturated heterocycles. The lowest BCUT2D eigenvalue weighted by Gasteiger charge is -2.36. The number of aromatic nitrogens is 3. The Balaban J connectivity index is 2.10. The van der Waals surface area contributed by atoms with Gasteiger partial charge in [-0.2, -0.15) is 0 Å². The van der Waals surface area contributed by atoms with Gasteiger partial charge < -0.3 is 5.73 Å². The Kier molecular flexibility index (Phi) is 5.08. The lowest BCUT2D eigenvalue weighted by atomic mass is 9.69. The molecule has 0 aromatic carbocycles. The molecule has 1 aliphatic rings. The van der Waals surface area contributed by atoms with Crippen molar-refractivity contribution in [2.24, 2.45) is 29.4 Å². The fraction of sp³-hybridized carbons (Fsp3) is 0.632. The van der Waals surface area contributed by atoms with E-state index in [-0.39, 0.29) is 17.5 Å². The van der Waals surface area contributed by atoms with Gasteiger partial charge in [0.1, 0.15) is 0 Å².